The van der Waals surface area contributed by atoms with Crippen LogP contribution < -0.4 is 4.90 Å². The Hall–Kier alpha value is -2.30. The molecule has 2 saturated heterocycles. The van der Waals surface area contributed by atoms with E-state index in [-0.39, 0.29) is 5.91 Å². The number of hydrogen-bond donors (Lipinski definition) is 0. The maximum Gasteiger partial charge on any atom is 0.253 e. The highest BCUT2D eigenvalue weighted by molar-refractivity contribution is 5.94. The average Bonchev–Trinajstić information content (AvgIpc) is 3.20. The Morgan fingerprint density at radius 2 is 1.68 bits per heavy atom. The minimum atomic E-state index is 0.174. The second-order valence-electron chi connectivity index (χ2n) is 8.69. The lowest BCUT2D eigenvalue weighted by Crippen LogP contribution is -2.38. The summed E-state index contributed by atoms with van der Waals surface area (Å²) in [4.78, 5) is 22.0. The molecule has 5 rings (SSSR count). The smallest absolute Gasteiger partial charge is 0.253 e. The van der Waals surface area contributed by atoms with Crippen molar-refractivity contribution >= 4 is 11.6 Å². The quantitative estimate of drug-likeness (QED) is 0.792. The third-order valence-corrected chi connectivity index (χ3v) is 6.63. The van der Waals surface area contributed by atoms with E-state index in [0.717, 1.165) is 57.0 Å². The van der Waals surface area contributed by atoms with Crippen LogP contribution in [0.2, 0.25) is 0 Å². The van der Waals surface area contributed by atoms with Crippen LogP contribution in [0.1, 0.15) is 60.6 Å². The van der Waals surface area contributed by atoms with Gasteiger partial charge in [0.05, 0.1) is 0 Å². The summed E-state index contributed by atoms with van der Waals surface area (Å²) in [5.74, 6) is 2.75. The molecule has 1 aliphatic carbocycles. The fourth-order valence-corrected chi connectivity index (χ4v) is 4.73. The number of rotatable bonds is 5. The van der Waals surface area contributed by atoms with E-state index in [1.807, 2.05) is 23.2 Å². The molecule has 5 heteroatoms. The van der Waals surface area contributed by atoms with Crippen LogP contribution in [0.25, 0.3) is 0 Å². The molecule has 2 aliphatic heterocycles. The summed E-state index contributed by atoms with van der Waals surface area (Å²) >= 11 is 0. The first kappa shape index (κ1) is 17.8. The maximum atomic E-state index is 12.9. The van der Waals surface area contributed by atoms with Gasteiger partial charge in [-0.15, -0.1) is 0 Å². The molecule has 0 unspecified atom stereocenters. The Balaban J connectivity index is 1.19. The summed E-state index contributed by atoms with van der Waals surface area (Å²) in [6, 6.07) is 8.23. The van der Waals surface area contributed by atoms with Crippen LogP contribution in [0.5, 0.6) is 0 Å². The van der Waals surface area contributed by atoms with Crippen LogP contribution in [-0.2, 0) is 6.54 Å². The standard InChI is InChI=1S/C23H30N4O/c28-23(20-5-7-21(8-6-20)25-12-1-2-13-25)26-14-9-19(10-15-26)22-24-11-16-27(22)17-18-3-4-18/h5-8,11,16,18-19H,1-4,9-10,12-15,17H2. The van der Waals surface area contributed by atoms with E-state index >= 15 is 0 Å². The average molecular weight is 379 g/mol. The summed E-state index contributed by atoms with van der Waals surface area (Å²) in [6.07, 6.45) is 11.4. The topological polar surface area (TPSA) is 41.4 Å². The number of hydrogen-bond acceptors (Lipinski definition) is 3. The number of benzene rings is 1. The van der Waals surface area contributed by atoms with Crippen LogP contribution in [0.15, 0.2) is 36.7 Å². The van der Waals surface area contributed by atoms with E-state index in [1.54, 1.807) is 0 Å². The number of carbonyl (C=O) groups excluding carboxylic acids is 1. The molecule has 0 atom stereocenters. The van der Waals surface area contributed by atoms with Crippen molar-refractivity contribution in [2.45, 2.75) is 51.0 Å². The number of piperidine rings is 1. The van der Waals surface area contributed by atoms with Crippen LogP contribution in [0.3, 0.4) is 0 Å². The molecule has 5 nitrogen and oxygen atoms in total. The van der Waals surface area contributed by atoms with Gasteiger partial charge in [0.15, 0.2) is 0 Å². The third-order valence-electron chi connectivity index (χ3n) is 6.63. The van der Waals surface area contributed by atoms with Crippen molar-refractivity contribution in [3.05, 3.63) is 48.0 Å². The summed E-state index contributed by atoms with van der Waals surface area (Å²) in [7, 11) is 0. The highest BCUT2D eigenvalue weighted by Crippen LogP contribution is 2.33. The summed E-state index contributed by atoms with van der Waals surface area (Å²) in [5.41, 5.74) is 2.06. The SMILES string of the molecule is O=C(c1ccc(N2CCCC2)cc1)N1CCC(c2nccn2CC2CC2)CC1. The fourth-order valence-electron chi connectivity index (χ4n) is 4.73. The largest absolute Gasteiger partial charge is 0.372 e. The van der Waals surface area contributed by atoms with Gasteiger partial charge in [-0.3, -0.25) is 4.79 Å². The third kappa shape index (κ3) is 3.67. The minimum Gasteiger partial charge on any atom is -0.372 e. The molecular formula is C23H30N4O. The number of imidazole rings is 1. The Morgan fingerprint density at radius 3 is 2.36 bits per heavy atom. The molecule has 1 aromatic heterocycles. The lowest BCUT2D eigenvalue weighted by atomic mass is 9.95. The fraction of sp³-hybridized carbons (Fsp3) is 0.565. The van der Waals surface area contributed by atoms with Gasteiger partial charge in [0.2, 0.25) is 0 Å². The van der Waals surface area contributed by atoms with E-state index < -0.39 is 0 Å². The van der Waals surface area contributed by atoms with Gasteiger partial charge in [-0.2, -0.15) is 0 Å². The molecule has 0 spiro atoms. The molecule has 148 valence electrons. The van der Waals surface area contributed by atoms with Gasteiger partial charge in [0, 0.05) is 62.3 Å². The van der Waals surface area contributed by atoms with E-state index in [9.17, 15) is 4.79 Å². The molecule has 28 heavy (non-hydrogen) atoms. The van der Waals surface area contributed by atoms with Crippen molar-refractivity contribution in [1.29, 1.82) is 0 Å². The molecule has 1 saturated carbocycles. The second-order valence-corrected chi connectivity index (χ2v) is 8.69. The lowest BCUT2D eigenvalue weighted by Gasteiger charge is -2.32. The summed E-state index contributed by atoms with van der Waals surface area (Å²) < 4.78 is 2.36. The van der Waals surface area contributed by atoms with E-state index in [1.165, 1.54) is 37.2 Å². The van der Waals surface area contributed by atoms with Gasteiger partial charge in [-0.1, -0.05) is 0 Å². The molecule has 3 fully saturated rings. The zero-order valence-electron chi connectivity index (χ0n) is 16.6. The van der Waals surface area contributed by atoms with Crippen molar-refractivity contribution in [3.8, 4) is 0 Å². The number of carbonyl (C=O) groups is 1. The first-order valence-corrected chi connectivity index (χ1v) is 10.9. The predicted molar refractivity (Wildman–Crippen MR) is 111 cm³/mol. The molecular weight excluding hydrogens is 348 g/mol. The van der Waals surface area contributed by atoms with Crippen LogP contribution in [0, 0.1) is 5.92 Å². The van der Waals surface area contributed by atoms with Gasteiger partial charge in [-0.25, -0.2) is 4.98 Å². The van der Waals surface area contributed by atoms with Crippen molar-refractivity contribution in [2.24, 2.45) is 5.92 Å². The van der Waals surface area contributed by atoms with Crippen LogP contribution >= 0.6 is 0 Å². The summed E-state index contributed by atoms with van der Waals surface area (Å²) in [6.45, 7) is 5.05. The Labute approximate surface area is 167 Å². The number of nitrogens with zero attached hydrogens (tertiary/aromatic N) is 4. The molecule has 3 heterocycles. The second kappa shape index (κ2) is 7.61. The number of aromatic nitrogens is 2. The Bertz CT molecular complexity index is 809. The van der Waals surface area contributed by atoms with Gasteiger partial charge in [0.1, 0.15) is 5.82 Å². The first-order valence-electron chi connectivity index (χ1n) is 10.9. The maximum absolute atomic E-state index is 12.9. The first-order chi connectivity index (χ1) is 13.8. The van der Waals surface area contributed by atoms with E-state index in [0.29, 0.717) is 5.92 Å². The zero-order chi connectivity index (χ0) is 18.9. The van der Waals surface area contributed by atoms with E-state index in [2.05, 4.69) is 32.8 Å². The molecule has 2 aromatic rings. The molecule has 0 radical (unpaired) electrons. The highest BCUT2D eigenvalue weighted by Gasteiger charge is 2.29. The van der Waals surface area contributed by atoms with Crippen LogP contribution in [0.4, 0.5) is 5.69 Å². The number of likely N-dealkylation sites (tertiary alicyclic amines) is 1. The Morgan fingerprint density at radius 1 is 0.964 bits per heavy atom. The van der Waals surface area contributed by atoms with Crippen molar-refractivity contribution in [2.75, 3.05) is 31.1 Å². The minimum absolute atomic E-state index is 0.174. The van der Waals surface area contributed by atoms with Crippen molar-refractivity contribution in [1.82, 2.24) is 14.5 Å². The van der Waals surface area contributed by atoms with E-state index in [4.69, 9.17) is 0 Å². The molecule has 3 aliphatic rings. The highest BCUT2D eigenvalue weighted by atomic mass is 16.2. The molecule has 0 N–H and O–H groups in total. The normalized spacial score (nSPS) is 20.7. The Kier molecular flexibility index (Phi) is 4.83. The number of anilines is 1. The number of amides is 1. The predicted octanol–water partition coefficient (Wildman–Crippen LogP) is 3.91. The van der Waals surface area contributed by atoms with Gasteiger partial charge >= 0.3 is 0 Å². The van der Waals surface area contributed by atoms with Crippen molar-refractivity contribution in [3.63, 3.8) is 0 Å². The monoisotopic (exact) mass is 378 g/mol. The van der Waals surface area contributed by atoms with Gasteiger partial charge in [-0.05, 0) is 68.7 Å². The van der Waals surface area contributed by atoms with Crippen LogP contribution in [-0.4, -0.2) is 46.5 Å². The zero-order valence-corrected chi connectivity index (χ0v) is 16.6. The molecule has 0 bridgehead atoms. The van der Waals surface area contributed by atoms with Gasteiger partial charge < -0.3 is 14.4 Å². The van der Waals surface area contributed by atoms with Gasteiger partial charge in [0.25, 0.3) is 5.91 Å². The molecule has 1 amide bonds. The lowest BCUT2D eigenvalue weighted by molar-refractivity contribution is 0.0710. The summed E-state index contributed by atoms with van der Waals surface area (Å²) in [5, 5.41) is 0. The molecule has 1 aromatic carbocycles. The van der Waals surface area contributed by atoms with Crippen molar-refractivity contribution < 1.29 is 4.79 Å².